The molecule has 0 aliphatic heterocycles. The third-order valence-corrected chi connectivity index (χ3v) is 6.33. The highest BCUT2D eigenvalue weighted by molar-refractivity contribution is 5.13. The molecule has 0 radical (unpaired) electrons. The summed E-state index contributed by atoms with van der Waals surface area (Å²) in [6.07, 6.45) is 18.4. The summed E-state index contributed by atoms with van der Waals surface area (Å²) in [6.45, 7) is 15.0. The molecule has 0 aromatic heterocycles. The molecule has 1 aromatic carbocycles. The SMILES string of the molecule is C=CC(CCCCC)[N+](CCCCCC)(CCCCCC)Cc1ccccc1.[Cl-]. The number of rotatable bonds is 18. The van der Waals surface area contributed by atoms with Gasteiger partial charge in [-0.1, -0.05) is 96.2 Å². The van der Waals surface area contributed by atoms with E-state index < -0.39 is 0 Å². The van der Waals surface area contributed by atoms with Crippen LogP contribution < -0.4 is 12.4 Å². The summed E-state index contributed by atoms with van der Waals surface area (Å²) in [5.74, 6) is 0. The van der Waals surface area contributed by atoms with Crippen molar-refractivity contribution in [1.82, 2.24) is 0 Å². The van der Waals surface area contributed by atoms with Gasteiger partial charge in [0.25, 0.3) is 0 Å². The number of hydrogen-bond donors (Lipinski definition) is 0. The maximum Gasteiger partial charge on any atom is 0.108 e. The largest absolute Gasteiger partial charge is 1.00 e. The Bertz CT molecular complexity index is 473. The zero-order chi connectivity index (χ0) is 20.5. The van der Waals surface area contributed by atoms with E-state index in [1.54, 1.807) is 0 Å². The van der Waals surface area contributed by atoms with Gasteiger partial charge in [0.2, 0.25) is 0 Å². The Labute approximate surface area is 189 Å². The smallest absolute Gasteiger partial charge is 0.108 e. The first-order valence-electron chi connectivity index (χ1n) is 12.2. The van der Waals surface area contributed by atoms with E-state index in [4.69, 9.17) is 0 Å². The first-order valence-corrected chi connectivity index (χ1v) is 12.2. The maximum atomic E-state index is 4.32. The normalized spacial score (nSPS) is 12.4. The second-order valence-corrected chi connectivity index (χ2v) is 8.73. The van der Waals surface area contributed by atoms with Crippen LogP contribution in [0.3, 0.4) is 0 Å². The first kappa shape index (κ1) is 28.2. The first-order chi connectivity index (χ1) is 13.7. The Morgan fingerprint density at radius 2 is 1.28 bits per heavy atom. The maximum absolute atomic E-state index is 4.32. The van der Waals surface area contributed by atoms with E-state index in [1.807, 2.05) is 0 Å². The fraction of sp³-hybridized carbons (Fsp3) is 0.704. The number of benzene rings is 1. The van der Waals surface area contributed by atoms with Crippen molar-refractivity contribution >= 4 is 0 Å². The van der Waals surface area contributed by atoms with E-state index in [0.29, 0.717) is 6.04 Å². The van der Waals surface area contributed by atoms with Crippen LogP contribution in [-0.4, -0.2) is 23.6 Å². The molecule has 0 heterocycles. The van der Waals surface area contributed by atoms with Crippen molar-refractivity contribution in [3.8, 4) is 0 Å². The van der Waals surface area contributed by atoms with Crippen LogP contribution in [0.2, 0.25) is 0 Å². The molecule has 0 saturated heterocycles. The van der Waals surface area contributed by atoms with Crippen molar-refractivity contribution in [1.29, 1.82) is 0 Å². The van der Waals surface area contributed by atoms with E-state index >= 15 is 0 Å². The molecule has 0 bridgehead atoms. The Morgan fingerprint density at radius 1 is 0.759 bits per heavy atom. The van der Waals surface area contributed by atoms with Gasteiger partial charge in [-0.15, -0.1) is 0 Å². The fourth-order valence-electron chi connectivity index (χ4n) is 4.59. The molecule has 1 atom stereocenters. The molecule has 168 valence electrons. The highest BCUT2D eigenvalue weighted by Crippen LogP contribution is 2.27. The topological polar surface area (TPSA) is 0 Å². The van der Waals surface area contributed by atoms with E-state index in [1.165, 1.54) is 107 Å². The third-order valence-electron chi connectivity index (χ3n) is 6.33. The minimum Gasteiger partial charge on any atom is -1.00 e. The summed E-state index contributed by atoms with van der Waals surface area (Å²) in [5.41, 5.74) is 1.50. The number of nitrogens with zero attached hydrogens (tertiary/aromatic N) is 1. The van der Waals surface area contributed by atoms with Gasteiger partial charge in [0, 0.05) is 12.0 Å². The van der Waals surface area contributed by atoms with Gasteiger partial charge in [-0.2, -0.15) is 0 Å². The molecule has 1 rings (SSSR count). The second kappa shape index (κ2) is 18.0. The Kier molecular flexibility index (Phi) is 17.5. The lowest BCUT2D eigenvalue weighted by Crippen LogP contribution is -3.00. The van der Waals surface area contributed by atoms with Crippen LogP contribution in [0.15, 0.2) is 43.0 Å². The van der Waals surface area contributed by atoms with E-state index in [2.05, 4.69) is 63.8 Å². The van der Waals surface area contributed by atoms with Crippen molar-refractivity contribution in [2.45, 2.75) is 110 Å². The highest BCUT2D eigenvalue weighted by atomic mass is 35.5. The van der Waals surface area contributed by atoms with Gasteiger partial charge in [0.1, 0.15) is 12.6 Å². The predicted molar refractivity (Wildman–Crippen MR) is 127 cm³/mol. The van der Waals surface area contributed by atoms with Crippen LogP contribution in [-0.2, 0) is 6.54 Å². The quantitative estimate of drug-likeness (QED) is 0.171. The Hall–Kier alpha value is -0.790. The molecule has 0 aliphatic rings. The molecule has 2 heteroatoms. The van der Waals surface area contributed by atoms with Crippen molar-refractivity contribution in [3.05, 3.63) is 48.6 Å². The molecule has 0 aliphatic carbocycles. The molecule has 29 heavy (non-hydrogen) atoms. The van der Waals surface area contributed by atoms with Gasteiger partial charge in [-0.05, 0) is 38.2 Å². The molecular weight excluding hydrogens is 374 g/mol. The number of halogens is 1. The zero-order valence-corrected chi connectivity index (χ0v) is 20.4. The lowest BCUT2D eigenvalue weighted by molar-refractivity contribution is -0.958. The average molecular weight is 422 g/mol. The Balaban J connectivity index is 0.00000784. The molecule has 0 saturated carbocycles. The van der Waals surface area contributed by atoms with Gasteiger partial charge in [-0.3, -0.25) is 0 Å². The molecule has 0 amide bonds. The summed E-state index contributed by atoms with van der Waals surface area (Å²) < 4.78 is 1.23. The summed E-state index contributed by atoms with van der Waals surface area (Å²) in [6, 6.07) is 11.8. The molecule has 1 nitrogen and oxygen atoms in total. The summed E-state index contributed by atoms with van der Waals surface area (Å²) in [4.78, 5) is 0. The number of hydrogen-bond acceptors (Lipinski definition) is 0. The molecule has 0 fully saturated rings. The van der Waals surface area contributed by atoms with E-state index in [0.717, 1.165) is 0 Å². The zero-order valence-electron chi connectivity index (χ0n) is 19.7. The lowest BCUT2D eigenvalue weighted by atomic mass is 9.99. The minimum atomic E-state index is 0. The molecule has 0 spiro atoms. The number of unbranched alkanes of at least 4 members (excludes halogenated alkanes) is 8. The number of quaternary nitrogens is 1. The van der Waals surface area contributed by atoms with Crippen molar-refractivity contribution in [2.24, 2.45) is 0 Å². The van der Waals surface area contributed by atoms with Gasteiger partial charge >= 0.3 is 0 Å². The second-order valence-electron chi connectivity index (χ2n) is 8.73. The molecule has 0 N–H and O–H groups in total. The Morgan fingerprint density at radius 3 is 1.76 bits per heavy atom. The standard InChI is InChI=1S/C27H48N.ClH/c1-5-9-12-18-23-28(24-19-13-10-6-2,25-26-20-16-14-17-21-26)27(8-4)22-15-11-7-3;/h8,14,16-17,20-21,27H,4-7,9-13,15,18-19,22-25H2,1-3H3;1H/q+1;/p-1. The highest BCUT2D eigenvalue weighted by Gasteiger charge is 2.34. The monoisotopic (exact) mass is 421 g/mol. The summed E-state index contributed by atoms with van der Waals surface area (Å²) >= 11 is 0. The van der Waals surface area contributed by atoms with Crippen molar-refractivity contribution in [2.75, 3.05) is 13.1 Å². The van der Waals surface area contributed by atoms with Crippen LogP contribution >= 0.6 is 0 Å². The minimum absolute atomic E-state index is 0. The third kappa shape index (κ3) is 11.2. The van der Waals surface area contributed by atoms with E-state index in [-0.39, 0.29) is 12.4 Å². The van der Waals surface area contributed by atoms with Crippen LogP contribution in [0, 0.1) is 0 Å². The van der Waals surface area contributed by atoms with Gasteiger partial charge in [0.15, 0.2) is 0 Å². The fourth-order valence-corrected chi connectivity index (χ4v) is 4.59. The predicted octanol–water partition coefficient (Wildman–Crippen LogP) is 5.30. The van der Waals surface area contributed by atoms with Gasteiger partial charge in [-0.25, -0.2) is 0 Å². The van der Waals surface area contributed by atoms with Crippen LogP contribution in [0.25, 0.3) is 0 Å². The molecule has 1 aromatic rings. The van der Waals surface area contributed by atoms with Gasteiger partial charge in [0.05, 0.1) is 13.1 Å². The van der Waals surface area contributed by atoms with Crippen LogP contribution in [0.4, 0.5) is 0 Å². The molecular formula is C27H48ClN. The van der Waals surface area contributed by atoms with Crippen LogP contribution in [0.5, 0.6) is 0 Å². The van der Waals surface area contributed by atoms with Crippen LogP contribution in [0.1, 0.15) is 103 Å². The summed E-state index contributed by atoms with van der Waals surface area (Å²) in [5, 5.41) is 0. The average Bonchev–Trinajstić information content (AvgIpc) is 2.72. The van der Waals surface area contributed by atoms with E-state index in [9.17, 15) is 0 Å². The van der Waals surface area contributed by atoms with Crippen molar-refractivity contribution < 1.29 is 16.9 Å². The van der Waals surface area contributed by atoms with Crippen molar-refractivity contribution in [3.63, 3.8) is 0 Å². The molecule has 1 unspecified atom stereocenters. The lowest BCUT2D eigenvalue weighted by Gasteiger charge is -2.45. The van der Waals surface area contributed by atoms with Gasteiger partial charge < -0.3 is 16.9 Å². The summed E-state index contributed by atoms with van der Waals surface area (Å²) in [7, 11) is 0.